The van der Waals surface area contributed by atoms with Gasteiger partial charge in [0.25, 0.3) is 0 Å². The molecule has 1 N–H and O–H groups in total. The lowest BCUT2D eigenvalue weighted by Crippen LogP contribution is -2.23. The second-order valence-electron chi connectivity index (χ2n) is 3.31. The number of thioether (sulfide) groups is 2. The molecular formula is C10H13BrN2S2. The molecule has 0 saturated carbocycles. The van der Waals surface area contributed by atoms with E-state index in [2.05, 4.69) is 49.8 Å². The Kier molecular flexibility index (Phi) is 4.65. The Morgan fingerprint density at radius 1 is 1.47 bits per heavy atom. The van der Waals surface area contributed by atoms with Crippen molar-refractivity contribution in [2.75, 3.05) is 29.1 Å². The van der Waals surface area contributed by atoms with Gasteiger partial charge in [-0.15, -0.1) is 0 Å². The van der Waals surface area contributed by atoms with Crippen LogP contribution in [0.3, 0.4) is 0 Å². The highest BCUT2D eigenvalue weighted by atomic mass is 79.9. The largest absolute Gasteiger partial charge is 0.369 e. The van der Waals surface area contributed by atoms with Gasteiger partial charge in [0.15, 0.2) is 0 Å². The van der Waals surface area contributed by atoms with Gasteiger partial charge < -0.3 is 5.32 Å². The average Bonchev–Trinajstić information content (AvgIpc) is 2.30. The van der Waals surface area contributed by atoms with Crippen LogP contribution in [0.4, 0.5) is 5.82 Å². The van der Waals surface area contributed by atoms with Gasteiger partial charge in [0.2, 0.25) is 0 Å². The molecule has 2 heterocycles. The minimum absolute atomic E-state index is 0.731. The molecule has 1 aliphatic rings. The Balaban J connectivity index is 1.79. The molecule has 1 aromatic rings. The van der Waals surface area contributed by atoms with Gasteiger partial charge >= 0.3 is 0 Å². The Labute approximate surface area is 107 Å². The number of anilines is 1. The van der Waals surface area contributed by atoms with E-state index in [0.717, 1.165) is 22.1 Å². The molecular weight excluding hydrogens is 292 g/mol. The highest BCUT2D eigenvalue weighted by Crippen LogP contribution is 2.24. The summed E-state index contributed by atoms with van der Waals surface area (Å²) in [5, 5.41) is 4.11. The zero-order chi connectivity index (χ0) is 10.5. The number of nitrogens with zero attached hydrogens (tertiary/aromatic N) is 1. The Morgan fingerprint density at radius 2 is 2.40 bits per heavy atom. The Hall–Kier alpha value is 0.130. The zero-order valence-electron chi connectivity index (χ0n) is 8.28. The van der Waals surface area contributed by atoms with E-state index in [-0.39, 0.29) is 0 Å². The molecule has 1 aliphatic heterocycles. The molecule has 0 amide bonds. The van der Waals surface area contributed by atoms with Crippen LogP contribution in [0.2, 0.25) is 0 Å². The summed E-state index contributed by atoms with van der Waals surface area (Å²) in [4.78, 5) is 4.29. The van der Waals surface area contributed by atoms with Crippen LogP contribution in [-0.2, 0) is 0 Å². The van der Waals surface area contributed by atoms with Gasteiger partial charge in [-0.1, -0.05) is 0 Å². The van der Waals surface area contributed by atoms with E-state index in [4.69, 9.17) is 0 Å². The quantitative estimate of drug-likeness (QED) is 0.927. The summed E-state index contributed by atoms with van der Waals surface area (Å²) in [5.74, 6) is 4.81. The summed E-state index contributed by atoms with van der Waals surface area (Å²) < 4.78 is 1.02. The molecule has 15 heavy (non-hydrogen) atoms. The SMILES string of the molecule is Brc1ccc(NCC2CSCCS2)nc1. The summed E-state index contributed by atoms with van der Waals surface area (Å²) >= 11 is 7.49. The van der Waals surface area contributed by atoms with Crippen LogP contribution in [0.15, 0.2) is 22.8 Å². The molecule has 1 unspecified atom stereocenters. The van der Waals surface area contributed by atoms with Crippen LogP contribution in [0.1, 0.15) is 0 Å². The number of halogens is 1. The maximum absolute atomic E-state index is 4.29. The van der Waals surface area contributed by atoms with Gasteiger partial charge in [-0.25, -0.2) is 4.98 Å². The predicted octanol–water partition coefficient (Wildman–Crippen LogP) is 3.10. The van der Waals surface area contributed by atoms with Gasteiger partial charge in [-0.2, -0.15) is 23.5 Å². The highest BCUT2D eigenvalue weighted by molar-refractivity contribution is 9.10. The molecule has 1 atom stereocenters. The molecule has 2 rings (SSSR count). The number of pyridine rings is 1. The lowest BCUT2D eigenvalue weighted by molar-refractivity contribution is 0.993. The third-order valence-electron chi connectivity index (χ3n) is 2.12. The first kappa shape index (κ1) is 11.6. The number of hydrogen-bond acceptors (Lipinski definition) is 4. The van der Waals surface area contributed by atoms with Crippen LogP contribution in [0.25, 0.3) is 0 Å². The van der Waals surface area contributed by atoms with Crippen LogP contribution in [-0.4, -0.2) is 34.0 Å². The Morgan fingerprint density at radius 3 is 3.07 bits per heavy atom. The van der Waals surface area contributed by atoms with Gasteiger partial charge in [-0.3, -0.25) is 0 Å². The smallest absolute Gasteiger partial charge is 0.125 e. The van der Waals surface area contributed by atoms with Gasteiger partial charge in [0, 0.05) is 39.7 Å². The van der Waals surface area contributed by atoms with E-state index in [0.29, 0.717) is 0 Å². The van der Waals surface area contributed by atoms with Crippen LogP contribution < -0.4 is 5.32 Å². The molecule has 0 aliphatic carbocycles. The third kappa shape index (κ3) is 3.89. The first-order chi connectivity index (χ1) is 7.34. The normalized spacial score (nSPS) is 21.3. The van der Waals surface area contributed by atoms with Crippen molar-refractivity contribution in [3.63, 3.8) is 0 Å². The molecule has 82 valence electrons. The number of hydrogen-bond donors (Lipinski definition) is 1. The van der Waals surface area contributed by atoms with E-state index in [1.54, 1.807) is 0 Å². The summed E-state index contributed by atoms with van der Waals surface area (Å²) in [7, 11) is 0. The van der Waals surface area contributed by atoms with Crippen molar-refractivity contribution in [2.24, 2.45) is 0 Å². The lowest BCUT2D eigenvalue weighted by Gasteiger charge is -2.21. The fourth-order valence-corrected chi connectivity index (χ4v) is 4.20. The van der Waals surface area contributed by atoms with E-state index < -0.39 is 0 Å². The van der Waals surface area contributed by atoms with E-state index in [1.807, 2.05) is 18.3 Å². The average molecular weight is 305 g/mol. The van der Waals surface area contributed by atoms with Crippen molar-refractivity contribution in [1.29, 1.82) is 0 Å². The van der Waals surface area contributed by atoms with Gasteiger partial charge in [-0.05, 0) is 28.1 Å². The molecule has 1 aromatic heterocycles. The highest BCUT2D eigenvalue weighted by Gasteiger charge is 2.13. The first-order valence-corrected chi connectivity index (χ1v) is 7.89. The molecule has 1 fully saturated rings. The topological polar surface area (TPSA) is 24.9 Å². The molecule has 0 bridgehead atoms. The molecule has 1 saturated heterocycles. The zero-order valence-corrected chi connectivity index (χ0v) is 11.5. The van der Waals surface area contributed by atoms with Crippen molar-refractivity contribution < 1.29 is 0 Å². The minimum atomic E-state index is 0.731. The summed E-state index contributed by atoms with van der Waals surface area (Å²) in [6.45, 7) is 1.02. The summed E-state index contributed by atoms with van der Waals surface area (Å²) in [5.41, 5.74) is 0. The number of aromatic nitrogens is 1. The first-order valence-electron chi connectivity index (χ1n) is 4.89. The van der Waals surface area contributed by atoms with Crippen molar-refractivity contribution in [1.82, 2.24) is 4.98 Å². The van der Waals surface area contributed by atoms with Gasteiger partial charge in [0.05, 0.1) is 0 Å². The minimum Gasteiger partial charge on any atom is -0.369 e. The maximum Gasteiger partial charge on any atom is 0.125 e. The second kappa shape index (κ2) is 6.01. The van der Waals surface area contributed by atoms with Crippen LogP contribution >= 0.6 is 39.5 Å². The lowest BCUT2D eigenvalue weighted by atomic mass is 10.4. The third-order valence-corrected chi connectivity index (χ3v) is 5.44. The van der Waals surface area contributed by atoms with Crippen LogP contribution in [0.5, 0.6) is 0 Å². The van der Waals surface area contributed by atoms with Crippen LogP contribution in [0, 0.1) is 0 Å². The van der Waals surface area contributed by atoms with Crippen molar-refractivity contribution in [3.05, 3.63) is 22.8 Å². The maximum atomic E-state index is 4.29. The van der Waals surface area contributed by atoms with E-state index >= 15 is 0 Å². The second-order valence-corrected chi connectivity index (χ2v) is 6.78. The fourth-order valence-electron chi connectivity index (χ4n) is 1.35. The number of nitrogens with one attached hydrogen (secondary N) is 1. The molecule has 0 aromatic carbocycles. The summed E-state index contributed by atoms with van der Waals surface area (Å²) in [6.07, 6.45) is 1.82. The van der Waals surface area contributed by atoms with Gasteiger partial charge in [0.1, 0.15) is 5.82 Å². The molecule has 2 nitrogen and oxygen atoms in total. The molecule has 5 heteroatoms. The predicted molar refractivity (Wildman–Crippen MR) is 74.0 cm³/mol. The molecule has 0 spiro atoms. The standard InChI is InChI=1S/C10H13BrN2S2/c11-8-1-2-10(12-5-8)13-6-9-7-14-3-4-15-9/h1-2,5,9H,3-4,6-7H2,(H,12,13). The van der Waals surface area contributed by atoms with E-state index in [9.17, 15) is 0 Å². The fraction of sp³-hybridized carbons (Fsp3) is 0.500. The van der Waals surface area contributed by atoms with E-state index in [1.165, 1.54) is 17.3 Å². The van der Waals surface area contributed by atoms with Crippen molar-refractivity contribution >= 4 is 45.3 Å². The molecule has 0 radical (unpaired) electrons. The van der Waals surface area contributed by atoms with Crippen molar-refractivity contribution in [2.45, 2.75) is 5.25 Å². The monoisotopic (exact) mass is 304 g/mol. The van der Waals surface area contributed by atoms with Crippen molar-refractivity contribution in [3.8, 4) is 0 Å². The summed E-state index contributed by atoms with van der Waals surface area (Å²) in [6, 6.07) is 4.02. The number of rotatable bonds is 3. The Bertz CT molecular complexity index is 299.